The largest absolute Gasteiger partial charge is 0.468 e. The van der Waals surface area contributed by atoms with Crippen LogP contribution in [-0.4, -0.2) is 30.1 Å². The Balaban J connectivity index is 2.08. The van der Waals surface area contributed by atoms with Crippen molar-refractivity contribution < 1.29 is 13.9 Å². The maximum atomic E-state index is 13.5. The Morgan fingerprint density at radius 3 is 2.80 bits per heavy atom. The maximum Gasteiger partial charge on any atom is 0.326 e. The van der Waals surface area contributed by atoms with E-state index in [1.54, 1.807) is 6.07 Å². The number of thioether (sulfide) groups is 1. The Labute approximate surface area is 130 Å². The van der Waals surface area contributed by atoms with Gasteiger partial charge in [0, 0.05) is 6.54 Å². The van der Waals surface area contributed by atoms with Gasteiger partial charge in [-0.25, -0.2) is 4.39 Å². The van der Waals surface area contributed by atoms with Gasteiger partial charge in [0.2, 0.25) is 0 Å². The van der Waals surface area contributed by atoms with Gasteiger partial charge in [0.15, 0.2) is 0 Å². The molecular formula is C14H17BrFNO2S. The van der Waals surface area contributed by atoms with Crippen LogP contribution in [0.1, 0.15) is 18.4 Å². The molecule has 6 heteroatoms. The fourth-order valence-electron chi connectivity index (χ4n) is 2.29. The molecule has 1 aliphatic heterocycles. The Morgan fingerprint density at radius 1 is 1.50 bits per heavy atom. The van der Waals surface area contributed by atoms with Crippen molar-refractivity contribution in [1.82, 2.24) is 5.32 Å². The third-order valence-electron chi connectivity index (χ3n) is 3.54. The first-order valence-electron chi connectivity index (χ1n) is 6.42. The minimum absolute atomic E-state index is 0.226. The van der Waals surface area contributed by atoms with Gasteiger partial charge in [-0.15, -0.1) is 0 Å². The van der Waals surface area contributed by atoms with Crippen molar-refractivity contribution in [2.75, 3.05) is 18.6 Å². The van der Waals surface area contributed by atoms with Gasteiger partial charge in [-0.3, -0.25) is 10.1 Å². The van der Waals surface area contributed by atoms with Gasteiger partial charge in [-0.05, 0) is 58.0 Å². The molecule has 110 valence electrons. The van der Waals surface area contributed by atoms with Crippen LogP contribution in [0.3, 0.4) is 0 Å². The number of ether oxygens (including phenoxy) is 1. The van der Waals surface area contributed by atoms with Crippen LogP contribution in [0.5, 0.6) is 0 Å². The first-order chi connectivity index (χ1) is 9.57. The average Bonchev–Trinajstić information content (AvgIpc) is 2.48. The molecule has 0 aliphatic carbocycles. The van der Waals surface area contributed by atoms with Crippen LogP contribution in [0, 0.1) is 5.82 Å². The van der Waals surface area contributed by atoms with Gasteiger partial charge in [-0.1, -0.05) is 6.07 Å². The summed E-state index contributed by atoms with van der Waals surface area (Å²) in [7, 11) is 1.41. The third kappa shape index (κ3) is 3.54. The van der Waals surface area contributed by atoms with Crippen molar-refractivity contribution in [2.24, 2.45) is 0 Å². The molecule has 1 fully saturated rings. The Hall–Kier alpha value is -0.590. The quantitative estimate of drug-likeness (QED) is 0.836. The monoisotopic (exact) mass is 361 g/mol. The molecule has 0 saturated carbocycles. The predicted octanol–water partition coefficient (Wildman–Crippen LogP) is 3.12. The molecule has 1 aromatic rings. The molecule has 0 aromatic heterocycles. The van der Waals surface area contributed by atoms with Crippen LogP contribution in [-0.2, 0) is 16.1 Å². The predicted molar refractivity (Wildman–Crippen MR) is 82.2 cm³/mol. The van der Waals surface area contributed by atoms with E-state index in [9.17, 15) is 9.18 Å². The molecule has 1 N–H and O–H groups in total. The van der Waals surface area contributed by atoms with Crippen molar-refractivity contribution in [2.45, 2.75) is 24.9 Å². The van der Waals surface area contributed by atoms with Crippen LogP contribution < -0.4 is 5.32 Å². The average molecular weight is 362 g/mol. The van der Waals surface area contributed by atoms with Crippen LogP contribution in [0.25, 0.3) is 0 Å². The third-order valence-corrected chi connectivity index (χ3v) is 5.17. The summed E-state index contributed by atoms with van der Waals surface area (Å²) in [5, 5.41) is 3.28. The summed E-state index contributed by atoms with van der Waals surface area (Å²) in [4.78, 5) is 12.1. The number of rotatable bonds is 4. The highest BCUT2D eigenvalue weighted by atomic mass is 79.9. The molecule has 0 unspecified atom stereocenters. The molecule has 2 rings (SSSR count). The topological polar surface area (TPSA) is 38.3 Å². The minimum atomic E-state index is -0.635. The van der Waals surface area contributed by atoms with Crippen molar-refractivity contribution in [3.8, 4) is 0 Å². The lowest BCUT2D eigenvalue weighted by molar-refractivity contribution is -0.149. The fraction of sp³-hybridized carbons (Fsp3) is 0.500. The number of benzene rings is 1. The number of esters is 1. The molecule has 0 radical (unpaired) electrons. The maximum absolute atomic E-state index is 13.5. The van der Waals surface area contributed by atoms with E-state index < -0.39 is 5.54 Å². The summed E-state index contributed by atoms with van der Waals surface area (Å²) in [5.41, 5.74) is 0.177. The number of hydrogen-bond donors (Lipinski definition) is 1. The molecule has 1 saturated heterocycles. The summed E-state index contributed by atoms with van der Waals surface area (Å²) in [6.45, 7) is 0.448. The second kappa shape index (κ2) is 6.91. The van der Waals surface area contributed by atoms with Crippen molar-refractivity contribution in [3.63, 3.8) is 0 Å². The van der Waals surface area contributed by atoms with E-state index in [0.717, 1.165) is 29.9 Å². The number of nitrogens with one attached hydrogen (secondary N) is 1. The summed E-state index contributed by atoms with van der Waals surface area (Å²) in [5.74, 6) is 1.33. The molecule has 1 heterocycles. The highest BCUT2D eigenvalue weighted by Crippen LogP contribution is 2.29. The second-order valence-corrected chi connectivity index (χ2v) is 6.87. The van der Waals surface area contributed by atoms with Crippen molar-refractivity contribution in [1.29, 1.82) is 0 Å². The number of hydrogen-bond acceptors (Lipinski definition) is 4. The lowest BCUT2D eigenvalue weighted by atomic mass is 9.92. The van der Waals surface area contributed by atoms with Crippen molar-refractivity contribution >= 4 is 33.7 Å². The standard InChI is InChI=1S/C14H17BrFNO2S/c1-19-13(18)14(4-6-20-7-5-14)17-9-10-2-3-11(15)12(16)8-10/h2-3,8,17H,4-7,9H2,1H3. The smallest absolute Gasteiger partial charge is 0.326 e. The zero-order chi connectivity index (χ0) is 14.6. The van der Waals surface area contributed by atoms with Gasteiger partial charge in [0.05, 0.1) is 11.6 Å². The molecule has 20 heavy (non-hydrogen) atoms. The normalized spacial score (nSPS) is 17.8. The lowest BCUT2D eigenvalue weighted by Gasteiger charge is -2.35. The highest BCUT2D eigenvalue weighted by molar-refractivity contribution is 9.10. The zero-order valence-electron chi connectivity index (χ0n) is 11.2. The summed E-state index contributed by atoms with van der Waals surface area (Å²) in [6.07, 6.45) is 1.48. The number of halogens is 2. The number of methoxy groups -OCH3 is 1. The molecule has 0 amide bonds. The van der Waals surface area contributed by atoms with Crippen LogP contribution >= 0.6 is 27.7 Å². The Morgan fingerprint density at radius 2 is 2.20 bits per heavy atom. The van der Waals surface area contributed by atoms with E-state index in [0.29, 0.717) is 11.0 Å². The van der Waals surface area contributed by atoms with E-state index in [-0.39, 0.29) is 11.8 Å². The molecule has 1 aliphatic rings. The van der Waals surface area contributed by atoms with E-state index in [1.807, 2.05) is 17.8 Å². The van der Waals surface area contributed by atoms with E-state index in [2.05, 4.69) is 21.2 Å². The molecule has 3 nitrogen and oxygen atoms in total. The number of carbonyl (C=O) groups is 1. The van der Waals surface area contributed by atoms with E-state index >= 15 is 0 Å². The summed E-state index contributed by atoms with van der Waals surface area (Å²) in [6, 6.07) is 4.98. The first-order valence-corrected chi connectivity index (χ1v) is 8.37. The van der Waals surface area contributed by atoms with Gasteiger partial charge < -0.3 is 4.74 Å². The van der Waals surface area contributed by atoms with Crippen LogP contribution in [0.2, 0.25) is 0 Å². The van der Waals surface area contributed by atoms with E-state index in [4.69, 9.17) is 4.74 Å². The molecule has 1 aromatic carbocycles. The zero-order valence-corrected chi connectivity index (χ0v) is 13.7. The summed E-state index contributed by atoms with van der Waals surface area (Å²) < 4.78 is 18.9. The highest BCUT2D eigenvalue weighted by Gasteiger charge is 2.40. The van der Waals surface area contributed by atoms with Gasteiger partial charge in [0.25, 0.3) is 0 Å². The van der Waals surface area contributed by atoms with E-state index in [1.165, 1.54) is 13.2 Å². The fourth-order valence-corrected chi connectivity index (χ4v) is 3.73. The van der Waals surface area contributed by atoms with Crippen LogP contribution in [0.15, 0.2) is 22.7 Å². The minimum Gasteiger partial charge on any atom is -0.468 e. The molecule has 0 bridgehead atoms. The van der Waals surface area contributed by atoms with Gasteiger partial charge >= 0.3 is 5.97 Å². The number of carbonyl (C=O) groups excluding carboxylic acids is 1. The second-order valence-electron chi connectivity index (χ2n) is 4.79. The lowest BCUT2D eigenvalue weighted by Crippen LogP contribution is -2.54. The Bertz CT molecular complexity index is 492. The Kier molecular flexibility index (Phi) is 5.46. The van der Waals surface area contributed by atoms with Gasteiger partial charge in [-0.2, -0.15) is 11.8 Å². The van der Waals surface area contributed by atoms with Crippen molar-refractivity contribution in [3.05, 3.63) is 34.1 Å². The molecular weight excluding hydrogens is 345 g/mol. The van der Waals surface area contributed by atoms with Crippen LogP contribution in [0.4, 0.5) is 4.39 Å². The van der Waals surface area contributed by atoms with Gasteiger partial charge in [0.1, 0.15) is 11.4 Å². The first kappa shape index (κ1) is 15.8. The molecule has 0 atom stereocenters. The summed E-state index contributed by atoms with van der Waals surface area (Å²) >= 11 is 4.97. The SMILES string of the molecule is COC(=O)C1(NCc2ccc(Br)c(F)c2)CCSCC1. The molecule has 0 spiro atoms.